The van der Waals surface area contributed by atoms with Crippen LogP contribution < -0.4 is 10.2 Å². The van der Waals surface area contributed by atoms with Gasteiger partial charge in [0, 0.05) is 16.3 Å². The highest BCUT2D eigenvalue weighted by molar-refractivity contribution is 7.99. The standard InChI is InChI=1S/C25H22ClN5O2S/c1-17-3-5-18(6-4-17)15-27-28-23(32)16-34-25-30-29-24(19-7-13-22(33-2)14-8-19)31(25)21-11-9-20(26)10-12-21/h3-15H,16H2,1-2H3,(H,28,32). The summed E-state index contributed by atoms with van der Waals surface area (Å²) in [5.74, 6) is 1.27. The van der Waals surface area contributed by atoms with Crippen LogP contribution in [-0.4, -0.2) is 39.7 Å². The molecule has 0 aliphatic heterocycles. The number of carbonyl (C=O) groups is 1. The van der Waals surface area contributed by atoms with Crippen LogP contribution in [0.3, 0.4) is 0 Å². The van der Waals surface area contributed by atoms with Crippen molar-refractivity contribution in [3.05, 3.63) is 88.9 Å². The second kappa shape index (κ2) is 11.0. The molecule has 0 saturated carbocycles. The fourth-order valence-corrected chi connectivity index (χ4v) is 3.98. The van der Waals surface area contributed by atoms with Crippen LogP contribution in [0.5, 0.6) is 5.75 Å². The van der Waals surface area contributed by atoms with Crippen molar-refractivity contribution in [2.24, 2.45) is 5.10 Å². The van der Waals surface area contributed by atoms with Gasteiger partial charge in [-0.05, 0) is 61.0 Å². The average molecular weight is 492 g/mol. The molecule has 0 spiro atoms. The Hall–Kier alpha value is -3.62. The van der Waals surface area contributed by atoms with Gasteiger partial charge in [-0.3, -0.25) is 9.36 Å². The van der Waals surface area contributed by atoms with Crippen LogP contribution >= 0.6 is 23.4 Å². The molecule has 0 atom stereocenters. The van der Waals surface area contributed by atoms with Crippen molar-refractivity contribution in [3.8, 4) is 22.8 Å². The smallest absolute Gasteiger partial charge is 0.250 e. The number of carbonyl (C=O) groups excluding carboxylic acids is 1. The number of rotatable bonds is 8. The Balaban J connectivity index is 1.51. The predicted molar refractivity (Wildman–Crippen MR) is 136 cm³/mol. The van der Waals surface area contributed by atoms with Gasteiger partial charge in [0.2, 0.25) is 0 Å². The van der Waals surface area contributed by atoms with Crippen LogP contribution in [0.1, 0.15) is 11.1 Å². The van der Waals surface area contributed by atoms with Crippen molar-refractivity contribution in [2.75, 3.05) is 12.9 Å². The van der Waals surface area contributed by atoms with Gasteiger partial charge < -0.3 is 4.74 Å². The summed E-state index contributed by atoms with van der Waals surface area (Å²) >= 11 is 7.35. The van der Waals surface area contributed by atoms with Gasteiger partial charge in [0.25, 0.3) is 5.91 Å². The van der Waals surface area contributed by atoms with Crippen LogP contribution in [0.4, 0.5) is 0 Å². The number of thioether (sulfide) groups is 1. The Bertz CT molecular complexity index is 1290. The second-order valence-corrected chi connectivity index (χ2v) is 8.72. The molecule has 1 N–H and O–H groups in total. The molecule has 34 heavy (non-hydrogen) atoms. The highest BCUT2D eigenvalue weighted by Gasteiger charge is 2.17. The molecule has 0 unspecified atom stereocenters. The zero-order valence-electron chi connectivity index (χ0n) is 18.6. The first kappa shape index (κ1) is 23.5. The number of halogens is 1. The lowest BCUT2D eigenvalue weighted by atomic mass is 10.2. The van der Waals surface area contributed by atoms with Crippen LogP contribution in [0.2, 0.25) is 5.02 Å². The third-order valence-corrected chi connectivity index (χ3v) is 6.06. The molecule has 0 bridgehead atoms. The first-order valence-corrected chi connectivity index (χ1v) is 11.8. The number of nitrogens with one attached hydrogen (secondary N) is 1. The summed E-state index contributed by atoms with van der Waals surface area (Å²) in [5, 5.41) is 14.0. The van der Waals surface area contributed by atoms with E-state index in [-0.39, 0.29) is 11.7 Å². The van der Waals surface area contributed by atoms with Crippen molar-refractivity contribution < 1.29 is 9.53 Å². The maximum Gasteiger partial charge on any atom is 0.250 e. The maximum atomic E-state index is 12.4. The summed E-state index contributed by atoms with van der Waals surface area (Å²) in [4.78, 5) is 12.4. The van der Waals surface area contributed by atoms with Crippen LogP contribution in [0.25, 0.3) is 17.1 Å². The van der Waals surface area contributed by atoms with E-state index >= 15 is 0 Å². The molecule has 1 aromatic heterocycles. The van der Waals surface area contributed by atoms with Crippen molar-refractivity contribution in [1.82, 2.24) is 20.2 Å². The second-order valence-electron chi connectivity index (χ2n) is 7.34. The molecular formula is C25H22ClN5O2S. The Kier molecular flexibility index (Phi) is 7.61. The SMILES string of the molecule is COc1ccc(-c2nnc(SCC(=O)NN=Cc3ccc(C)cc3)n2-c2ccc(Cl)cc2)cc1. The van der Waals surface area contributed by atoms with E-state index in [0.29, 0.717) is 16.0 Å². The van der Waals surface area contributed by atoms with Gasteiger partial charge in [-0.1, -0.05) is 53.2 Å². The molecule has 0 aliphatic carbocycles. The lowest BCUT2D eigenvalue weighted by molar-refractivity contribution is -0.118. The lowest BCUT2D eigenvalue weighted by Crippen LogP contribution is -2.20. The number of benzene rings is 3. The van der Waals surface area contributed by atoms with Gasteiger partial charge in [-0.15, -0.1) is 10.2 Å². The predicted octanol–water partition coefficient (Wildman–Crippen LogP) is 5.15. The average Bonchev–Trinajstić information content (AvgIpc) is 3.28. The first-order valence-electron chi connectivity index (χ1n) is 10.4. The Morgan fingerprint density at radius 2 is 1.76 bits per heavy atom. The van der Waals surface area contributed by atoms with Gasteiger partial charge in [0.05, 0.1) is 19.1 Å². The van der Waals surface area contributed by atoms with E-state index < -0.39 is 0 Å². The minimum atomic E-state index is -0.245. The van der Waals surface area contributed by atoms with E-state index in [1.54, 1.807) is 25.5 Å². The maximum absolute atomic E-state index is 12.4. The topological polar surface area (TPSA) is 81.4 Å². The summed E-state index contributed by atoms with van der Waals surface area (Å²) in [6, 6.07) is 22.8. The zero-order valence-corrected chi connectivity index (χ0v) is 20.2. The molecular weight excluding hydrogens is 470 g/mol. The van der Waals surface area contributed by atoms with E-state index in [1.165, 1.54) is 11.8 Å². The summed E-state index contributed by atoms with van der Waals surface area (Å²) in [6.07, 6.45) is 1.61. The number of hydrogen-bond donors (Lipinski definition) is 1. The van der Waals surface area contributed by atoms with Crippen molar-refractivity contribution in [1.29, 1.82) is 0 Å². The Morgan fingerprint density at radius 1 is 1.06 bits per heavy atom. The Morgan fingerprint density at radius 3 is 2.44 bits per heavy atom. The van der Waals surface area contributed by atoms with E-state index in [0.717, 1.165) is 28.1 Å². The van der Waals surface area contributed by atoms with Crippen molar-refractivity contribution in [3.63, 3.8) is 0 Å². The highest BCUT2D eigenvalue weighted by Crippen LogP contribution is 2.29. The Labute approximate surface area is 206 Å². The van der Waals surface area contributed by atoms with Gasteiger partial charge in [0.15, 0.2) is 11.0 Å². The molecule has 0 fully saturated rings. The van der Waals surface area contributed by atoms with Gasteiger partial charge in [-0.2, -0.15) is 5.10 Å². The minimum absolute atomic E-state index is 0.125. The van der Waals surface area contributed by atoms with Gasteiger partial charge in [0.1, 0.15) is 5.75 Å². The van der Waals surface area contributed by atoms with Gasteiger partial charge >= 0.3 is 0 Å². The number of aryl methyl sites for hydroxylation is 1. The summed E-state index contributed by atoms with van der Waals surface area (Å²) in [5.41, 5.74) is 6.32. The number of aromatic nitrogens is 3. The number of hydrogen-bond acceptors (Lipinski definition) is 6. The molecule has 1 amide bonds. The number of amides is 1. The molecule has 7 nitrogen and oxygen atoms in total. The summed E-state index contributed by atoms with van der Waals surface area (Å²) < 4.78 is 7.15. The van der Waals surface area contributed by atoms with E-state index in [2.05, 4.69) is 20.7 Å². The molecule has 0 radical (unpaired) electrons. The highest BCUT2D eigenvalue weighted by atomic mass is 35.5. The monoisotopic (exact) mass is 491 g/mol. The molecule has 0 aliphatic rings. The number of hydrazone groups is 1. The van der Waals surface area contributed by atoms with Crippen LogP contribution in [0.15, 0.2) is 83.1 Å². The summed E-state index contributed by atoms with van der Waals surface area (Å²) in [7, 11) is 1.62. The molecule has 172 valence electrons. The third-order valence-electron chi connectivity index (χ3n) is 4.88. The summed E-state index contributed by atoms with van der Waals surface area (Å²) in [6.45, 7) is 2.02. The first-order chi connectivity index (χ1) is 16.5. The van der Waals surface area contributed by atoms with Crippen LogP contribution in [0, 0.1) is 6.92 Å². The third kappa shape index (κ3) is 5.84. The molecule has 4 rings (SSSR count). The fourth-order valence-electron chi connectivity index (χ4n) is 3.11. The quantitative estimate of drug-likeness (QED) is 0.209. The minimum Gasteiger partial charge on any atom is -0.497 e. The molecule has 0 saturated heterocycles. The zero-order chi connectivity index (χ0) is 23.9. The molecule has 9 heteroatoms. The number of ether oxygens (including phenoxy) is 1. The molecule has 1 heterocycles. The number of nitrogens with zero attached hydrogens (tertiary/aromatic N) is 4. The van der Waals surface area contributed by atoms with Crippen molar-refractivity contribution >= 4 is 35.5 Å². The largest absolute Gasteiger partial charge is 0.497 e. The molecule has 3 aromatic carbocycles. The lowest BCUT2D eigenvalue weighted by Gasteiger charge is -2.11. The van der Waals surface area contributed by atoms with E-state index in [9.17, 15) is 4.79 Å². The van der Waals surface area contributed by atoms with E-state index in [4.69, 9.17) is 16.3 Å². The fraction of sp³-hybridized carbons (Fsp3) is 0.120. The van der Waals surface area contributed by atoms with Crippen molar-refractivity contribution in [2.45, 2.75) is 12.1 Å². The number of methoxy groups -OCH3 is 1. The van der Waals surface area contributed by atoms with E-state index in [1.807, 2.05) is 72.2 Å². The van der Waals surface area contributed by atoms with Gasteiger partial charge in [-0.25, -0.2) is 5.43 Å². The normalized spacial score (nSPS) is 11.0. The molecule has 4 aromatic rings. The van der Waals surface area contributed by atoms with Crippen LogP contribution in [-0.2, 0) is 4.79 Å².